The maximum atomic E-state index is 12.1. The third-order valence-corrected chi connectivity index (χ3v) is 5.17. The molecule has 4 heteroatoms. The first kappa shape index (κ1) is 16.7. The summed E-state index contributed by atoms with van der Waals surface area (Å²) in [5.41, 5.74) is 0.818. The van der Waals surface area contributed by atoms with Gasteiger partial charge in [0.15, 0.2) is 0 Å². The van der Waals surface area contributed by atoms with Gasteiger partial charge in [-0.25, -0.2) is 4.79 Å². The number of para-hydroxylation sites is 1. The number of anilines is 1. The summed E-state index contributed by atoms with van der Waals surface area (Å²) in [6, 6.07) is 17.8. The van der Waals surface area contributed by atoms with Crippen LogP contribution in [0.2, 0.25) is 0 Å². The fourth-order valence-electron chi connectivity index (χ4n) is 2.84. The van der Waals surface area contributed by atoms with Crippen molar-refractivity contribution in [3.63, 3.8) is 0 Å². The normalized spacial score (nSPS) is 14.8. The Morgan fingerprint density at radius 3 is 2.50 bits per heavy atom. The quantitative estimate of drug-likeness (QED) is 0.738. The standard InChI is InChI=1S/C20H22N2OS/c23-20(21-15-14-16-8-4-5-9-16)22-18-12-6-7-13-19(18)24-17-10-2-1-3-11-17/h1-3,6-7,10-16H,4-5,8-9H2,(H2,21,22,23)/b15-14+. The molecule has 0 aromatic heterocycles. The molecule has 1 aliphatic carbocycles. The Labute approximate surface area is 147 Å². The van der Waals surface area contributed by atoms with Crippen molar-refractivity contribution >= 4 is 23.5 Å². The first-order valence-electron chi connectivity index (χ1n) is 8.37. The van der Waals surface area contributed by atoms with E-state index >= 15 is 0 Å². The summed E-state index contributed by atoms with van der Waals surface area (Å²) in [5, 5.41) is 5.74. The number of hydrogen-bond acceptors (Lipinski definition) is 2. The Morgan fingerprint density at radius 2 is 1.71 bits per heavy atom. The van der Waals surface area contributed by atoms with Crippen molar-refractivity contribution in [3.05, 3.63) is 66.9 Å². The minimum Gasteiger partial charge on any atom is -0.315 e. The highest BCUT2D eigenvalue weighted by molar-refractivity contribution is 7.99. The zero-order valence-corrected chi connectivity index (χ0v) is 14.4. The van der Waals surface area contributed by atoms with Crippen LogP contribution in [0, 0.1) is 5.92 Å². The average Bonchev–Trinajstić information content (AvgIpc) is 3.11. The van der Waals surface area contributed by atoms with Crippen molar-refractivity contribution in [3.8, 4) is 0 Å². The second-order valence-corrected chi connectivity index (χ2v) is 7.03. The topological polar surface area (TPSA) is 41.1 Å². The third-order valence-electron chi connectivity index (χ3n) is 4.09. The monoisotopic (exact) mass is 338 g/mol. The van der Waals surface area contributed by atoms with Crippen LogP contribution in [-0.4, -0.2) is 6.03 Å². The maximum Gasteiger partial charge on any atom is 0.323 e. The van der Waals surface area contributed by atoms with Crippen LogP contribution in [0.1, 0.15) is 25.7 Å². The van der Waals surface area contributed by atoms with Crippen molar-refractivity contribution in [2.75, 3.05) is 5.32 Å². The van der Waals surface area contributed by atoms with E-state index in [2.05, 4.69) is 28.8 Å². The van der Waals surface area contributed by atoms with E-state index in [0.29, 0.717) is 5.92 Å². The number of carbonyl (C=O) groups is 1. The SMILES string of the molecule is O=C(N/C=C/C1CCCC1)Nc1ccccc1Sc1ccccc1. The van der Waals surface area contributed by atoms with Gasteiger partial charge in [-0.3, -0.25) is 0 Å². The number of carbonyl (C=O) groups excluding carboxylic acids is 1. The van der Waals surface area contributed by atoms with Gasteiger partial charge in [-0.1, -0.05) is 61.0 Å². The second kappa shape index (κ2) is 8.60. The summed E-state index contributed by atoms with van der Waals surface area (Å²) in [6.07, 6.45) is 8.94. The molecule has 2 amide bonds. The van der Waals surface area contributed by atoms with E-state index in [1.165, 1.54) is 25.7 Å². The second-order valence-electron chi connectivity index (χ2n) is 5.91. The zero-order valence-electron chi connectivity index (χ0n) is 13.6. The van der Waals surface area contributed by atoms with E-state index < -0.39 is 0 Å². The van der Waals surface area contributed by atoms with Gasteiger partial charge in [0.2, 0.25) is 0 Å². The Balaban J connectivity index is 1.59. The molecule has 24 heavy (non-hydrogen) atoms. The number of benzene rings is 2. The fourth-order valence-corrected chi connectivity index (χ4v) is 3.77. The van der Waals surface area contributed by atoms with Crippen LogP contribution in [0.4, 0.5) is 10.5 Å². The van der Waals surface area contributed by atoms with Crippen LogP contribution in [0.3, 0.4) is 0 Å². The molecule has 2 N–H and O–H groups in total. The lowest BCUT2D eigenvalue weighted by Crippen LogP contribution is -2.24. The van der Waals surface area contributed by atoms with Crippen LogP contribution in [-0.2, 0) is 0 Å². The summed E-state index contributed by atoms with van der Waals surface area (Å²) in [5.74, 6) is 0.617. The van der Waals surface area contributed by atoms with Crippen molar-refractivity contribution in [1.82, 2.24) is 5.32 Å². The largest absolute Gasteiger partial charge is 0.323 e. The molecule has 0 bridgehead atoms. The van der Waals surface area contributed by atoms with Crippen LogP contribution < -0.4 is 10.6 Å². The Morgan fingerprint density at radius 1 is 1.00 bits per heavy atom. The van der Waals surface area contributed by atoms with Gasteiger partial charge in [0.25, 0.3) is 0 Å². The minimum absolute atomic E-state index is 0.203. The molecule has 1 fully saturated rings. The molecule has 0 unspecified atom stereocenters. The number of allylic oxidation sites excluding steroid dienone is 1. The molecular formula is C20H22N2OS. The summed E-state index contributed by atoms with van der Waals surface area (Å²) >= 11 is 1.64. The van der Waals surface area contributed by atoms with Gasteiger partial charge in [0.05, 0.1) is 5.69 Å². The molecule has 2 aromatic rings. The molecule has 1 aliphatic rings. The Hall–Kier alpha value is -2.20. The van der Waals surface area contributed by atoms with Crippen molar-refractivity contribution < 1.29 is 4.79 Å². The smallest absolute Gasteiger partial charge is 0.315 e. The van der Waals surface area contributed by atoms with Gasteiger partial charge in [0, 0.05) is 16.0 Å². The highest BCUT2D eigenvalue weighted by Crippen LogP contribution is 2.33. The van der Waals surface area contributed by atoms with E-state index in [4.69, 9.17) is 0 Å². The van der Waals surface area contributed by atoms with Crippen molar-refractivity contribution in [1.29, 1.82) is 0 Å². The Bertz CT molecular complexity index is 694. The lowest BCUT2D eigenvalue weighted by molar-refractivity contribution is 0.255. The number of hydrogen-bond donors (Lipinski definition) is 2. The average molecular weight is 338 g/mol. The van der Waals surface area contributed by atoms with E-state index in [1.807, 2.05) is 42.5 Å². The minimum atomic E-state index is -0.203. The summed E-state index contributed by atoms with van der Waals surface area (Å²) < 4.78 is 0. The highest BCUT2D eigenvalue weighted by atomic mass is 32.2. The van der Waals surface area contributed by atoms with Crippen LogP contribution in [0.15, 0.2) is 76.7 Å². The first-order chi connectivity index (χ1) is 11.8. The van der Waals surface area contributed by atoms with Gasteiger partial charge >= 0.3 is 6.03 Å². The molecule has 2 aromatic carbocycles. The molecule has 0 spiro atoms. The highest BCUT2D eigenvalue weighted by Gasteiger charge is 2.11. The fraction of sp³-hybridized carbons (Fsp3) is 0.250. The number of amides is 2. The van der Waals surface area contributed by atoms with Crippen LogP contribution in [0.25, 0.3) is 0 Å². The van der Waals surface area contributed by atoms with Gasteiger partial charge < -0.3 is 10.6 Å². The summed E-state index contributed by atoms with van der Waals surface area (Å²) in [4.78, 5) is 14.3. The van der Waals surface area contributed by atoms with Crippen molar-refractivity contribution in [2.45, 2.75) is 35.5 Å². The van der Waals surface area contributed by atoms with Gasteiger partial charge in [-0.2, -0.15) is 0 Å². The molecule has 0 radical (unpaired) electrons. The van der Waals surface area contributed by atoms with Crippen LogP contribution in [0.5, 0.6) is 0 Å². The van der Waals surface area contributed by atoms with E-state index in [9.17, 15) is 4.79 Å². The molecule has 0 heterocycles. The molecular weight excluding hydrogens is 316 g/mol. The first-order valence-corrected chi connectivity index (χ1v) is 9.19. The van der Waals surface area contributed by atoms with E-state index in [1.54, 1.807) is 18.0 Å². The number of nitrogens with one attached hydrogen (secondary N) is 2. The molecule has 0 saturated heterocycles. The zero-order chi connectivity index (χ0) is 16.6. The van der Waals surface area contributed by atoms with Crippen LogP contribution >= 0.6 is 11.8 Å². The van der Waals surface area contributed by atoms with E-state index in [0.717, 1.165) is 15.5 Å². The predicted molar refractivity (Wildman–Crippen MR) is 100 cm³/mol. The third kappa shape index (κ3) is 4.90. The summed E-state index contributed by atoms with van der Waals surface area (Å²) in [7, 11) is 0. The lowest BCUT2D eigenvalue weighted by Gasteiger charge is -2.10. The van der Waals surface area contributed by atoms with Gasteiger partial charge in [-0.05, 0) is 43.0 Å². The number of rotatable bonds is 5. The molecule has 3 nitrogen and oxygen atoms in total. The van der Waals surface area contributed by atoms with Gasteiger partial charge in [-0.15, -0.1) is 0 Å². The van der Waals surface area contributed by atoms with Crippen molar-refractivity contribution in [2.24, 2.45) is 5.92 Å². The maximum absolute atomic E-state index is 12.1. The molecule has 0 atom stereocenters. The molecule has 0 aliphatic heterocycles. The van der Waals surface area contributed by atoms with Gasteiger partial charge in [0.1, 0.15) is 0 Å². The summed E-state index contributed by atoms with van der Waals surface area (Å²) in [6.45, 7) is 0. The number of urea groups is 1. The van der Waals surface area contributed by atoms with E-state index in [-0.39, 0.29) is 6.03 Å². The molecule has 1 saturated carbocycles. The molecule has 3 rings (SSSR count). The Kier molecular flexibility index (Phi) is 5.96. The predicted octanol–water partition coefficient (Wildman–Crippen LogP) is 5.66. The molecule has 124 valence electrons. The lowest BCUT2D eigenvalue weighted by atomic mass is 10.1.